The highest BCUT2D eigenvalue weighted by Gasteiger charge is 2.29. The van der Waals surface area contributed by atoms with Crippen LogP contribution >= 0.6 is 22.1 Å². The van der Waals surface area contributed by atoms with E-state index in [-0.39, 0.29) is 11.9 Å². The summed E-state index contributed by atoms with van der Waals surface area (Å²) in [6.45, 7) is 10.2. The van der Waals surface area contributed by atoms with E-state index >= 15 is 0 Å². The van der Waals surface area contributed by atoms with Gasteiger partial charge in [-0.15, -0.1) is 22.1 Å². The number of amides is 1. The lowest BCUT2D eigenvalue weighted by Crippen LogP contribution is -2.49. The van der Waals surface area contributed by atoms with E-state index in [9.17, 15) is 19.0 Å². The maximum Gasteiger partial charge on any atom is 0.251 e. The van der Waals surface area contributed by atoms with Crippen LogP contribution in [0.15, 0.2) is 35.7 Å². The van der Waals surface area contributed by atoms with Gasteiger partial charge in [0.25, 0.3) is 5.91 Å². The Morgan fingerprint density at radius 3 is 2.62 bits per heavy atom. The molecule has 0 saturated carbocycles. The number of thiophene rings is 1. The molecule has 0 bridgehead atoms. The first-order valence-corrected chi connectivity index (χ1v) is 16.8. The molecule has 1 aliphatic heterocycles. The number of aliphatic hydroxyl groups excluding tert-OH is 1. The maximum absolute atomic E-state index is 13.6. The molecule has 1 aromatic heterocycles. The summed E-state index contributed by atoms with van der Waals surface area (Å²) in [5.74, 6) is 0.718. The minimum Gasteiger partial charge on any atom is -0.390 e. The number of benzene rings is 1. The Morgan fingerprint density at radius 1 is 1.15 bits per heavy atom. The van der Waals surface area contributed by atoms with Gasteiger partial charge in [-0.25, -0.2) is 0 Å². The molecule has 1 saturated heterocycles. The number of hydrogen-bond donors (Lipinski definition) is 6. The fourth-order valence-electron chi connectivity index (χ4n) is 4.88. The summed E-state index contributed by atoms with van der Waals surface area (Å²) in [6.07, 6.45) is 4.76. The lowest BCUT2D eigenvalue weighted by Gasteiger charge is -2.47. The Bertz CT molecular complexity index is 1020. The molecule has 0 radical (unpaired) electrons. The number of nitrogens with zero attached hydrogens (tertiary/aromatic N) is 1. The van der Waals surface area contributed by atoms with Crippen LogP contribution in [-0.4, -0.2) is 63.7 Å². The average molecular weight is 581 g/mol. The predicted molar refractivity (Wildman–Crippen MR) is 166 cm³/mol. The van der Waals surface area contributed by atoms with E-state index in [1.165, 1.54) is 6.42 Å². The van der Waals surface area contributed by atoms with Crippen molar-refractivity contribution in [2.75, 3.05) is 35.0 Å². The third-order valence-corrected chi connectivity index (χ3v) is 9.94. The molecule has 39 heavy (non-hydrogen) atoms. The summed E-state index contributed by atoms with van der Waals surface area (Å²) in [5, 5.41) is 23.0. The number of carbonyl (C=O) groups excluding carboxylic acids is 1. The Labute approximate surface area is 240 Å². The normalized spacial score (nSPS) is 18.4. The van der Waals surface area contributed by atoms with E-state index in [1.807, 2.05) is 30.5 Å². The molecule has 1 aliphatic rings. The summed E-state index contributed by atoms with van der Waals surface area (Å²) in [7, 11) is -2.92. The molecule has 2 heterocycles. The second-order valence-corrected chi connectivity index (χ2v) is 14.2. The van der Waals surface area contributed by atoms with Gasteiger partial charge in [0, 0.05) is 48.2 Å². The number of nitrogens with one attached hydrogen (secondary N) is 3. The number of hydrogen-bond acceptors (Lipinski definition) is 8. The van der Waals surface area contributed by atoms with Gasteiger partial charge in [0.05, 0.1) is 23.6 Å². The van der Waals surface area contributed by atoms with Crippen LogP contribution in [0, 0.1) is 5.92 Å². The third-order valence-electron chi connectivity index (χ3n) is 7.11. The maximum atomic E-state index is 13.6. The largest absolute Gasteiger partial charge is 0.390 e. The topological polar surface area (TPSA) is 117 Å². The van der Waals surface area contributed by atoms with E-state index in [0.29, 0.717) is 49.0 Å². The summed E-state index contributed by atoms with van der Waals surface area (Å²) in [5.41, 5.74) is 1.78. The second-order valence-electron chi connectivity index (χ2n) is 11.0. The van der Waals surface area contributed by atoms with Crippen LogP contribution in [0.5, 0.6) is 0 Å². The van der Waals surface area contributed by atoms with Crippen molar-refractivity contribution in [3.8, 4) is 0 Å². The van der Waals surface area contributed by atoms with Gasteiger partial charge in [-0.05, 0) is 68.7 Å². The van der Waals surface area contributed by atoms with Crippen LogP contribution in [0.25, 0.3) is 0 Å². The highest BCUT2D eigenvalue weighted by Crippen LogP contribution is 2.50. The summed E-state index contributed by atoms with van der Waals surface area (Å²) >= 11 is 1.61. The molecule has 3 rings (SSSR count). The van der Waals surface area contributed by atoms with E-state index in [1.54, 1.807) is 27.8 Å². The molecule has 8 nitrogen and oxygen atoms in total. The van der Waals surface area contributed by atoms with Gasteiger partial charge >= 0.3 is 0 Å². The molecule has 10 heteroatoms. The first kappa shape index (κ1) is 31.7. The monoisotopic (exact) mass is 580 g/mol. The summed E-state index contributed by atoms with van der Waals surface area (Å²) in [6, 6.07) is 9.16. The molecule has 3 unspecified atom stereocenters. The number of anilines is 2. The standard InChI is InChI=1S/C29H48N4O4S2/c1-5-30-24-16-23(17-25(18-24)33-13-6-7-15-39(33,36)37)29(35)32-27(19-26-12-9-14-38-26)28(34)20-31-22(4)11-8-10-21(2)3/h9,12,14,16-18,21-22,27-28,30-31,34,36-37H,5-8,10-11,13,15,19-20H2,1-4H3,(H,32,35). The van der Waals surface area contributed by atoms with Gasteiger partial charge in [-0.2, -0.15) is 0 Å². The molecule has 0 spiro atoms. The van der Waals surface area contributed by atoms with Crippen molar-refractivity contribution in [2.45, 2.75) is 84.4 Å². The Morgan fingerprint density at radius 2 is 1.95 bits per heavy atom. The van der Waals surface area contributed by atoms with Crippen LogP contribution < -0.4 is 20.3 Å². The van der Waals surface area contributed by atoms with Crippen molar-refractivity contribution in [1.82, 2.24) is 10.6 Å². The molecule has 6 N–H and O–H groups in total. The van der Waals surface area contributed by atoms with Gasteiger partial charge in [0.2, 0.25) is 0 Å². The Hall–Kier alpha value is -1.82. The minimum atomic E-state index is -2.92. The van der Waals surface area contributed by atoms with Gasteiger partial charge in [-0.3, -0.25) is 18.2 Å². The molecule has 220 valence electrons. The van der Waals surface area contributed by atoms with Gasteiger partial charge in [-0.1, -0.05) is 32.8 Å². The summed E-state index contributed by atoms with van der Waals surface area (Å²) < 4.78 is 23.0. The lowest BCUT2D eigenvalue weighted by atomic mass is 10.0. The first-order valence-electron chi connectivity index (χ1n) is 14.3. The molecular weight excluding hydrogens is 532 g/mol. The zero-order valence-electron chi connectivity index (χ0n) is 23.9. The van der Waals surface area contributed by atoms with Gasteiger partial charge in [0.1, 0.15) is 0 Å². The van der Waals surface area contributed by atoms with Crippen molar-refractivity contribution in [2.24, 2.45) is 5.92 Å². The van der Waals surface area contributed by atoms with Gasteiger partial charge < -0.3 is 21.1 Å². The zero-order chi connectivity index (χ0) is 28.4. The smallest absolute Gasteiger partial charge is 0.251 e. The van der Waals surface area contributed by atoms with Crippen LogP contribution in [0.2, 0.25) is 0 Å². The lowest BCUT2D eigenvalue weighted by molar-refractivity contribution is 0.0826. The first-order chi connectivity index (χ1) is 18.6. The Balaban J connectivity index is 1.75. The van der Waals surface area contributed by atoms with Crippen molar-refractivity contribution >= 4 is 39.4 Å². The average Bonchev–Trinajstić information content (AvgIpc) is 3.39. The highest BCUT2D eigenvalue weighted by molar-refractivity contribution is 8.25. The summed E-state index contributed by atoms with van der Waals surface area (Å²) in [4.78, 5) is 14.7. The fraction of sp³-hybridized carbons (Fsp3) is 0.621. The van der Waals surface area contributed by atoms with Crippen LogP contribution in [-0.2, 0) is 6.42 Å². The van der Waals surface area contributed by atoms with Gasteiger partial charge in [0.15, 0.2) is 0 Å². The molecule has 3 atom stereocenters. The zero-order valence-corrected chi connectivity index (χ0v) is 25.5. The van der Waals surface area contributed by atoms with Crippen molar-refractivity contribution in [3.05, 3.63) is 46.2 Å². The number of aliphatic hydroxyl groups is 1. The number of carbonyl (C=O) groups is 1. The van der Waals surface area contributed by atoms with Crippen LogP contribution in [0.3, 0.4) is 0 Å². The third kappa shape index (κ3) is 9.95. The molecule has 1 aromatic carbocycles. The van der Waals surface area contributed by atoms with E-state index in [4.69, 9.17) is 0 Å². The SMILES string of the molecule is CCNc1cc(C(=O)NC(Cc2cccs2)C(O)CNC(C)CCCC(C)C)cc(N2CCCCS2(O)O)c1. The minimum absolute atomic E-state index is 0.278. The fourth-order valence-corrected chi connectivity index (χ4v) is 7.32. The van der Waals surface area contributed by atoms with Crippen LogP contribution in [0.1, 0.15) is 75.0 Å². The van der Waals surface area contributed by atoms with Crippen molar-refractivity contribution in [3.63, 3.8) is 0 Å². The van der Waals surface area contributed by atoms with Crippen LogP contribution in [0.4, 0.5) is 11.4 Å². The van der Waals surface area contributed by atoms with E-state index in [2.05, 4.69) is 36.7 Å². The quantitative estimate of drug-likeness (QED) is 0.154. The molecule has 2 aromatic rings. The molecular formula is C29H48N4O4S2. The predicted octanol–water partition coefficient (Wildman–Crippen LogP) is 5.95. The van der Waals surface area contributed by atoms with Crippen molar-refractivity contribution in [1.29, 1.82) is 0 Å². The Kier molecular flexibility index (Phi) is 12.4. The van der Waals surface area contributed by atoms with Crippen molar-refractivity contribution < 1.29 is 19.0 Å². The van der Waals surface area contributed by atoms with E-state index < -0.39 is 22.9 Å². The second kappa shape index (κ2) is 15.3. The molecule has 1 fully saturated rings. The number of rotatable bonds is 15. The van der Waals surface area contributed by atoms with E-state index in [0.717, 1.165) is 36.2 Å². The molecule has 1 amide bonds. The highest BCUT2D eigenvalue weighted by atomic mass is 32.3. The molecule has 0 aliphatic carbocycles.